The van der Waals surface area contributed by atoms with Gasteiger partial charge in [-0.15, -0.1) is 0 Å². The van der Waals surface area contributed by atoms with Gasteiger partial charge in [0.1, 0.15) is 5.82 Å². The Morgan fingerprint density at radius 1 is 1.50 bits per heavy atom. The van der Waals surface area contributed by atoms with Crippen LogP contribution in [0.5, 0.6) is 0 Å². The second-order valence-corrected chi connectivity index (χ2v) is 2.67. The van der Waals surface area contributed by atoms with E-state index < -0.39 is 5.82 Å². The summed E-state index contributed by atoms with van der Waals surface area (Å²) in [6, 6.07) is 4.51. The third-order valence-corrected chi connectivity index (χ3v) is 1.72. The standard InChI is InChI=1S/C10H12FN3/c1-3-14-10(13-2)7-4-5-9(12)8(11)6-7/h3-6H,12H2,1-2H3. The minimum atomic E-state index is -0.449. The van der Waals surface area contributed by atoms with Gasteiger partial charge in [0.15, 0.2) is 5.84 Å². The number of anilines is 1. The van der Waals surface area contributed by atoms with E-state index in [4.69, 9.17) is 5.73 Å². The van der Waals surface area contributed by atoms with Crippen LogP contribution in [0.15, 0.2) is 28.2 Å². The normalized spacial score (nSPS) is 12.4. The molecule has 0 aliphatic rings. The summed E-state index contributed by atoms with van der Waals surface area (Å²) in [6.45, 7) is 1.78. The molecule has 0 saturated heterocycles. The van der Waals surface area contributed by atoms with Crippen LogP contribution in [0.4, 0.5) is 10.1 Å². The number of nitrogen functional groups attached to an aromatic ring is 1. The van der Waals surface area contributed by atoms with Crippen molar-refractivity contribution in [3.05, 3.63) is 29.6 Å². The molecule has 1 aromatic rings. The smallest absolute Gasteiger partial charge is 0.154 e. The second-order valence-electron chi connectivity index (χ2n) is 2.67. The third kappa shape index (κ3) is 2.16. The van der Waals surface area contributed by atoms with Gasteiger partial charge in [0.25, 0.3) is 0 Å². The summed E-state index contributed by atoms with van der Waals surface area (Å²) >= 11 is 0. The summed E-state index contributed by atoms with van der Waals surface area (Å²) < 4.78 is 13.1. The summed E-state index contributed by atoms with van der Waals surface area (Å²) in [5.41, 5.74) is 6.10. The summed E-state index contributed by atoms with van der Waals surface area (Å²) in [5, 5.41) is 0. The van der Waals surface area contributed by atoms with E-state index >= 15 is 0 Å². The van der Waals surface area contributed by atoms with Crippen molar-refractivity contribution in [3.8, 4) is 0 Å². The lowest BCUT2D eigenvalue weighted by molar-refractivity contribution is 0.632. The van der Waals surface area contributed by atoms with E-state index in [1.165, 1.54) is 12.1 Å². The van der Waals surface area contributed by atoms with Crippen LogP contribution in [-0.4, -0.2) is 19.1 Å². The molecule has 4 heteroatoms. The van der Waals surface area contributed by atoms with Crippen LogP contribution in [0, 0.1) is 5.82 Å². The summed E-state index contributed by atoms with van der Waals surface area (Å²) in [6.07, 6.45) is 1.61. The van der Waals surface area contributed by atoms with E-state index in [1.807, 2.05) is 0 Å². The number of rotatable bonds is 1. The Labute approximate surface area is 82.2 Å². The van der Waals surface area contributed by atoms with Crippen molar-refractivity contribution in [2.24, 2.45) is 9.98 Å². The molecule has 0 fully saturated rings. The molecule has 0 aromatic heterocycles. The van der Waals surface area contributed by atoms with Gasteiger partial charge in [-0.3, -0.25) is 4.99 Å². The number of nitrogens with zero attached hydrogens (tertiary/aromatic N) is 2. The van der Waals surface area contributed by atoms with Crippen molar-refractivity contribution in [1.82, 2.24) is 0 Å². The zero-order valence-corrected chi connectivity index (χ0v) is 8.16. The number of amidine groups is 1. The molecule has 2 N–H and O–H groups in total. The lowest BCUT2D eigenvalue weighted by Gasteiger charge is -2.01. The van der Waals surface area contributed by atoms with Gasteiger partial charge in [-0.05, 0) is 25.1 Å². The first-order chi connectivity index (χ1) is 6.69. The van der Waals surface area contributed by atoms with Gasteiger partial charge in [-0.1, -0.05) is 0 Å². The molecule has 0 saturated carbocycles. The van der Waals surface area contributed by atoms with E-state index in [2.05, 4.69) is 9.98 Å². The van der Waals surface area contributed by atoms with Gasteiger partial charge in [0.2, 0.25) is 0 Å². The summed E-state index contributed by atoms with van der Waals surface area (Å²) in [7, 11) is 1.61. The van der Waals surface area contributed by atoms with Gasteiger partial charge in [-0.2, -0.15) is 0 Å². The lowest BCUT2D eigenvalue weighted by atomic mass is 10.2. The number of hydrogen-bond donors (Lipinski definition) is 1. The number of benzene rings is 1. The van der Waals surface area contributed by atoms with Crippen LogP contribution in [0.1, 0.15) is 12.5 Å². The van der Waals surface area contributed by atoms with Crippen LogP contribution in [0.3, 0.4) is 0 Å². The highest BCUT2D eigenvalue weighted by atomic mass is 19.1. The number of nitrogens with two attached hydrogens (primary N) is 1. The second kappa shape index (κ2) is 4.50. The van der Waals surface area contributed by atoms with Crippen LogP contribution in [0.25, 0.3) is 0 Å². The van der Waals surface area contributed by atoms with E-state index in [0.29, 0.717) is 11.4 Å². The van der Waals surface area contributed by atoms with Crippen LogP contribution in [-0.2, 0) is 0 Å². The van der Waals surface area contributed by atoms with Gasteiger partial charge in [-0.25, -0.2) is 9.38 Å². The van der Waals surface area contributed by atoms with Gasteiger partial charge >= 0.3 is 0 Å². The highest BCUT2D eigenvalue weighted by Crippen LogP contribution is 2.13. The number of aliphatic imine (C=N–C) groups is 2. The largest absolute Gasteiger partial charge is 0.396 e. The molecular formula is C10H12FN3. The van der Waals surface area contributed by atoms with E-state index in [0.717, 1.165) is 0 Å². The van der Waals surface area contributed by atoms with Gasteiger partial charge < -0.3 is 5.73 Å². The average molecular weight is 193 g/mol. The zero-order chi connectivity index (χ0) is 10.6. The minimum absolute atomic E-state index is 0.129. The monoisotopic (exact) mass is 193 g/mol. The fraction of sp³-hybridized carbons (Fsp3) is 0.200. The quantitative estimate of drug-likeness (QED) is 0.413. The molecule has 74 valence electrons. The molecule has 0 aliphatic heterocycles. The maximum absolute atomic E-state index is 13.1. The molecular weight excluding hydrogens is 181 g/mol. The van der Waals surface area contributed by atoms with Crippen LogP contribution in [0.2, 0.25) is 0 Å². The van der Waals surface area contributed by atoms with Crippen LogP contribution >= 0.6 is 0 Å². The van der Waals surface area contributed by atoms with Crippen LogP contribution < -0.4 is 5.73 Å². The van der Waals surface area contributed by atoms with E-state index in [1.54, 1.807) is 26.3 Å². The molecule has 3 nitrogen and oxygen atoms in total. The molecule has 0 radical (unpaired) electrons. The van der Waals surface area contributed by atoms with E-state index in [-0.39, 0.29) is 5.69 Å². The number of hydrogen-bond acceptors (Lipinski definition) is 2. The average Bonchev–Trinajstić information content (AvgIpc) is 2.19. The van der Waals surface area contributed by atoms with Crippen molar-refractivity contribution in [1.29, 1.82) is 0 Å². The Morgan fingerprint density at radius 2 is 2.21 bits per heavy atom. The Hall–Kier alpha value is -1.71. The predicted molar refractivity (Wildman–Crippen MR) is 57.4 cm³/mol. The first-order valence-electron chi connectivity index (χ1n) is 4.20. The number of halogens is 1. The van der Waals surface area contributed by atoms with Crippen molar-refractivity contribution < 1.29 is 4.39 Å². The third-order valence-electron chi connectivity index (χ3n) is 1.72. The van der Waals surface area contributed by atoms with Crippen molar-refractivity contribution in [2.45, 2.75) is 6.92 Å². The molecule has 0 unspecified atom stereocenters. The van der Waals surface area contributed by atoms with Crippen molar-refractivity contribution >= 4 is 17.7 Å². The summed E-state index contributed by atoms with van der Waals surface area (Å²) in [5.74, 6) is 0.0429. The maximum atomic E-state index is 13.1. The van der Waals surface area contributed by atoms with Gasteiger partial charge in [0.05, 0.1) is 5.69 Å². The minimum Gasteiger partial charge on any atom is -0.396 e. The maximum Gasteiger partial charge on any atom is 0.154 e. The Bertz CT molecular complexity index is 383. The molecule has 1 aromatic carbocycles. The highest BCUT2D eigenvalue weighted by Gasteiger charge is 2.03. The SMILES string of the molecule is CC=NC(=NC)c1ccc(N)c(F)c1. The molecule has 0 heterocycles. The molecule has 0 spiro atoms. The van der Waals surface area contributed by atoms with Gasteiger partial charge in [0, 0.05) is 18.8 Å². The van der Waals surface area contributed by atoms with Crippen molar-refractivity contribution in [2.75, 3.05) is 12.8 Å². The summed E-state index contributed by atoms with van der Waals surface area (Å²) in [4.78, 5) is 7.93. The Kier molecular flexibility index (Phi) is 3.34. The first kappa shape index (κ1) is 10.4. The Morgan fingerprint density at radius 3 is 2.71 bits per heavy atom. The molecule has 0 amide bonds. The fourth-order valence-electron chi connectivity index (χ4n) is 1.05. The molecule has 14 heavy (non-hydrogen) atoms. The topological polar surface area (TPSA) is 50.7 Å². The predicted octanol–water partition coefficient (Wildman–Crippen LogP) is 1.88. The zero-order valence-electron chi connectivity index (χ0n) is 8.16. The molecule has 0 atom stereocenters. The molecule has 0 aliphatic carbocycles. The van der Waals surface area contributed by atoms with E-state index in [9.17, 15) is 4.39 Å². The Balaban J connectivity index is 3.13. The first-order valence-corrected chi connectivity index (χ1v) is 4.20. The highest BCUT2D eigenvalue weighted by molar-refractivity contribution is 6.02. The lowest BCUT2D eigenvalue weighted by Crippen LogP contribution is -2.00. The fourth-order valence-corrected chi connectivity index (χ4v) is 1.05. The molecule has 0 bridgehead atoms. The molecule has 1 rings (SSSR count). The van der Waals surface area contributed by atoms with Crippen molar-refractivity contribution in [3.63, 3.8) is 0 Å².